The molecule has 0 N–H and O–H groups in total. The molecule has 0 aromatic heterocycles. The van der Waals surface area contributed by atoms with Crippen LogP contribution in [0.25, 0.3) is 0 Å². The minimum Gasteiger partial charge on any atom is -0.422 e. The molecule has 0 saturated heterocycles. The van der Waals surface area contributed by atoms with Crippen molar-refractivity contribution in [2.75, 3.05) is 0 Å². The third-order valence-electron chi connectivity index (χ3n) is 3.09. The van der Waals surface area contributed by atoms with Gasteiger partial charge in [0.25, 0.3) is 0 Å². The molecule has 18 heavy (non-hydrogen) atoms. The first kappa shape index (κ1) is 11.3. The SMILES string of the molecule is O=C(Oc1ccccc1OC(=O)C1CC1)C1CC1. The largest absolute Gasteiger partial charge is 0.422 e. The Morgan fingerprint density at radius 1 is 0.833 bits per heavy atom. The molecule has 4 heteroatoms. The summed E-state index contributed by atoms with van der Waals surface area (Å²) >= 11 is 0. The first-order chi connectivity index (χ1) is 8.74. The molecule has 0 amide bonds. The third kappa shape index (κ3) is 2.53. The maximum atomic E-state index is 11.6. The summed E-state index contributed by atoms with van der Waals surface area (Å²) in [5, 5.41) is 0. The number of esters is 2. The van der Waals surface area contributed by atoms with Crippen LogP contribution in [-0.4, -0.2) is 11.9 Å². The molecule has 4 nitrogen and oxygen atoms in total. The van der Waals surface area contributed by atoms with E-state index in [0.717, 1.165) is 25.7 Å². The van der Waals surface area contributed by atoms with Gasteiger partial charge in [-0.15, -0.1) is 0 Å². The van der Waals surface area contributed by atoms with Gasteiger partial charge in [0.15, 0.2) is 11.5 Å². The molecule has 0 spiro atoms. The van der Waals surface area contributed by atoms with Gasteiger partial charge in [-0.05, 0) is 37.8 Å². The lowest BCUT2D eigenvalue weighted by Gasteiger charge is -2.09. The van der Waals surface area contributed by atoms with Crippen molar-refractivity contribution in [3.05, 3.63) is 24.3 Å². The minimum atomic E-state index is -0.232. The second-order valence-electron chi connectivity index (χ2n) is 4.84. The van der Waals surface area contributed by atoms with E-state index in [1.54, 1.807) is 24.3 Å². The molecule has 0 radical (unpaired) electrons. The van der Waals surface area contributed by atoms with Crippen molar-refractivity contribution < 1.29 is 19.1 Å². The van der Waals surface area contributed by atoms with Gasteiger partial charge in [-0.1, -0.05) is 12.1 Å². The smallest absolute Gasteiger partial charge is 0.314 e. The van der Waals surface area contributed by atoms with Crippen molar-refractivity contribution in [2.24, 2.45) is 11.8 Å². The molecular formula is C14H14O4. The molecule has 0 aliphatic heterocycles. The van der Waals surface area contributed by atoms with Gasteiger partial charge in [-0.2, -0.15) is 0 Å². The highest BCUT2D eigenvalue weighted by molar-refractivity contribution is 5.80. The molecule has 2 fully saturated rings. The van der Waals surface area contributed by atoms with E-state index in [9.17, 15) is 9.59 Å². The molecule has 0 bridgehead atoms. The quantitative estimate of drug-likeness (QED) is 0.604. The van der Waals surface area contributed by atoms with Gasteiger partial charge in [0.2, 0.25) is 0 Å². The normalized spacial score (nSPS) is 18.2. The second-order valence-corrected chi connectivity index (χ2v) is 4.84. The van der Waals surface area contributed by atoms with Crippen molar-refractivity contribution in [2.45, 2.75) is 25.7 Å². The Morgan fingerprint density at radius 3 is 1.56 bits per heavy atom. The van der Waals surface area contributed by atoms with Gasteiger partial charge in [-0.3, -0.25) is 9.59 Å². The van der Waals surface area contributed by atoms with Gasteiger partial charge < -0.3 is 9.47 Å². The zero-order valence-corrected chi connectivity index (χ0v) is 9.93. The van der Waals surface area contributed by atoms with Gasteiger partial charge in [0, 0.05) is 0 Å². The van der Waals surface area contributed by atoms with Gasteiger partial charge >= 0.3 is 11.9 Å². The molecule has 2 aliphatic carbocycles. The van der Waals surface area contributed by atoms with E-state index in [1.165, 1.54) is 0 Å². The van der Waals surface area contributed by atoms with E-state index in [-0.39, 0.29) is 23.8 Å². The van der Waals surface area contributed by atoms with Crippen LogP contribution in [0.3, 0.4) is 0 Å². The van der Waals surface area contributed by atoms with Crippen LogP contribution in [0.5, 0.6) is 11.5 Å². The van der Waals surface area contributed by atoms with Crippen LogP contribution in [0.15, 0.2) is 24.3 Å². The van der Waals surface area contributed by atoms with Crippen LogP contribution in [0.4, 0.5) is 0 Å². The van der Waals surface area contributed by atoms with Crippen LogP contribution in [-0.2, 0) is 9.59 Å². The molecule has 1 aromatic carbocycles. The van der Waals surface area contributed by atoms with Crippen LogP contribution in [0, 0.1) is 11.8 Å². The van der Waals surface area contributed by atoms with Crippen LogP contribution in [0.1, 0.15) is 25.7 Å². The lowest BCUT2D eigenvalue weighted by atomic mass is 10.3. The van der Waals surface area contributed by atoms with Gasteiger partial charge in [0.05, 0.1) is 11.8 Å². The predicted octanol–water partition coefficient (Wildman–Crippen LogP) is 2.32. The zero-order chi connectivity index (χ0) is 12.5. The summed E-state index contributed by atoms with van der Waals surface area (Å²) in [5.74, 6) is 0.260. The first-order valence-electron chi connectivity index (χ1n) is 6.26. The molecule has 0 heterocycles. The van der Waals surface area contributed by atoms with Crippen molar-refractivity contribution in [3.63, 3.8) is 0 Å². The summed E-state index contributed by atoms with van der Waals surface area (Å²) < 4.78 is 10.5. The molecule has 2 saturated carbocycles. The van der Waals surface area contributed by atoms with Crippen molar-refractivity contribution in [3.8, 4) is 11.5 Å². The van der Waals surface area contributed by atoms with Crippen molar-refractivity contribution in [1.82, 2.24) is 0 Å². The number of carbonyl (C=O) groups excluding carboxylic acids is 2. The standard InChI is InChI=1S/C14H14O4/c15-13(9-5-6-9)17-11-3-1-2-4-12(11)18-14(16)10-7-8-10/h1-4,9-10H,5-8H2. The summed E-state index contributed by atoms with van der Waals surface area (Å²) in [7, 11) is 0. The van der Waals surface area contributed by atoms with Gasteiger partial charge in [-0.25, -0.2) is 0 Å². The van der Waals surface area contributed by atoms with Gasteiger partial charge in [0.1, 0.15) is 0 Å². The Morgan fingerprint density at radius 2 is 1.22 bits per heavy atom. The zero-order valence-electron chi connectivity index (χ0n) is 9.93. The molecule has 94 valence electrons. The van der Waals surface area contributed by atoms with Crippen LogP contribution in [0.2, 0.25) is 0 Å². The summed E-state index contributed by atoms with van der Waals surface area (Å²) in [6.45, 7) is 0. The Balaban J connectivity index is 1.71. The van der Waals surface area contributed by atoms with E-state index < -0.39 is 0 Å². The highest BCUT2D eigenvalue weighted by Crippen LogP contribution is 2.35. The number of benzene rings is 1. The molecule has 0 unspecified atom stereocenters. The van der Waals surface area contributed by atoms with Crippen LogP contribution < -0.4 is 9.47 Å². The number of hydrogen-bond donors (Lipinski definition) is 0. The van der Waals surface area contributed by atoms with E-state index in [1.807, 2.05) is 0 Å². The number of carbonyl (C=O) groups is 2. The molecule has 2 aliphatic rings. The summed E-state index contributed by atoms with van der Waals surface area (Å²) in [4.78, 5) is 23.2. The average Bonchev–Trinajstić information content (AvgIpc) is 3.22. The fourth-order valence-corrected chi connectivity index (χ4v) is 1.64. The lowest BCUT2D eigenvalue weighted by molar-refractivity contribution is -0.138. The van der Waals surface area contributed by atoms with Crippen LogP contribution >= 0.6 is 0 Å². The fraction of sp³-hybridized carbons (Fsp3) is 0.429. The van der Waals surface area contributed by atoms with E-state index in [4.69, 9.17) is 9.47 Å². The fourth-order valence-electron chi connectivity index (χ4n) is 1.64. The Hall–Kier alpha value is -1.84. The molecule has 0 atom stereocenters. The third-order valence-corrected chi connectivity index (χ3v) is 3.09. The monoisotopic (exact) mass is 246 g/mol. The van der Waals surface area contributed by atoms with Crippen molar-refractivity contribution >= 4 is 11.9 Å². The van der Waals surface area contributed by atoms with Crippen molar-refractivity contribution in [1.29, 1.82) is 0 Å². The number of rotatable bonds is 4. The first-order valence-corrected chi connectivity index (χ1v) is 6.26. The minimum absolute atomic E-state index is 0.0252. The van der Waals surface area contributed by atoms with E-state index >= 15 is 0 Å². The number of ether oxygens (including phenoxy) is 2. The maximum absolute atomic E-state index is 11.6. The highest BCUT2D eigenvalue weighted by atomic mass is 16.6. The lowest BCUT2D eigenvalue weighted by Crippen LogP contribution is -2.14. The Kier molecular flexibility index (Phi) is 2.78. The second kappa shape index (κ2) is 4.44. The number of para-hydroxylation sites is 2. The molecule has 3 rings (SSSR count). The summed E-state index contributed by atoms with van der Waals surface area (Å²) in [6.07, 6.45) is 3.57. The highest BCUT2D eigenvalue weighted by Gasteiger charge is 2.34. The Labute approximate surface area is 105 Å². The Bertz CT molecular complexity index is 441. The predicted molar refractivity (Wildman–Crippen MR) is 63.2 cm³/mol. The summed E-state index contributed by atoms with van der Waals surface area (Å²) in [5.41, 5.74) is 0. The summed E-state index contributed by atoms with van der Waals surface area (Å²) in [6, 6.07) is 6.81. The van der Waals surface area contributed by atoms with E-state index in [2.05, 4.69) is 0 Å². The van der Waals surface area contributed by atoms with E-state index in [0.29, 0.717) is 11.5 Å². The maximum Gasteiger partial charge on any atom is 0.314 e. The topological polar surface area (TPSA) is 52.6 Å². The number of hydrogen-bond acceptors (Lipinski definition) is 4. The average molecular weight is 246 g/mol. The molecular weight excluding hydrogens is 232 g/mol. The molecule has 1 aromatic rings.